The fraction of sp³-hybridized carbons (Fsp3) is 0.929. The van der Waals surface area contributed by atoms with Crippen LogP contribution < -0.4 is 0 Å². The van der Waals surface area contributed by atoms with Crippen molar-refractivity contribution in [1.29, 1.82) is 0 Å². The summed E-state index contributed by atoms with van der Waals surface area (Å²) in [5, 5.41) is 0. The highest BCUT2D eigenvalue weighted by Crippen LogP contribution is 2.01. The Balaban J connectivity index is 3.86. The van der Waals surface area contributed by atoms with Crippen molar-refractivity contribution in [2.75, 3.05) is 33.2 Å². The topological polar surface area (TPSA) is 23.6 Å². The third kappa shape index (κ3) is 8.19. The first kappa shape index (κ1) is 16.4. The summed E-state index contributed by atoms with van der Waals surface area (Å²) < 4.78 is 0. The van der Waals surface area contributed by atoms with Crippen LogP contribution >= 0.6 is 0 Å². The average Bonchev–Trinajstić information content (AvgIpc) is 2.32. The molecule has 0 heterocycles. The Morgan fingerprint density at radius 2 is 1.53 bits per heavy atom. The molecular formula is C14H30N2O. The quantitative estimate of drug-likeness (QED) is 0.588. The minimum absolute atomic E-state index is 0.302. The lowest BCUT2D eigenvalue weighted by Gasteiger charge is -2.23. The maximum absolute atomic E-state index is 11.7. The van der Waals surface area contributed by atoms with Gasteiger partial charge in [0.05, 0.1) is 0 Å². The molecule has 0 radical (unpaired) electrons. The number of nitrogens with zero attached hydrogens (tertiary/aromatic N) is 2. The molecular weight excluding hydrogens is 212 g/mol. The largest absolute Gasteiger partial charge is 0.343 e. The van der Waals surface area contributed by atoms with E-state index in [1.165, 1.54) is 6.42 Å². The Kier molecular flexibility index (Phi) is 10.2. The van der Waals surface area contributed by atoms with Gasteiger partial charge >= 0.3 is 0 Å². The minimum Gasteiger partial charge on any atom is -0.343 e. The predicted molar refractivity (Wildman–Crippen MR) is 74.2 cm³/mol. The lowest BCUT2D eigenvalue weighted by atomic mass is 10.2. The summed E-state index contributed by atoms with van der Waals surface area (Å²) in [6.07, 6.45) is 5.20. The fourth-order valence-electron chi connectivity index (χ4n) is 1.96. The number of rotatable bonds is 10. The number of hydrogen-bond acceptors (Lipinski definition) is 2. The van der Waals surface area contributed by atoms with Crippen molar-refractivity contribution >= 4 is 5.91 Å². The zero-order chi connectivity index (χ0) is 13.1. The monoisotopic (exact) mass is 242 g/mol. The van der Waals surface area contributed by atoms with Crippen LogP contribution in [0.2, 0.25) is 0 Å². The third-order valence-corrected chi connectivity index (χ3v) is 3.01. The van der Waals surface area contributed by atoms with Crippen molar-refractivity contribution in [2.45, 2.75) is 52.9 Å². The van der Waals surface area contributed by atoms with Crippen LogP contribution in [0.4, 0.5) is 0 Å². The molecule has 0 bridgehead atoms. The van der Waals surface area contributed by atoms with Crippen molar-refractivity contribution in [3.8, 4) is 0 Å². The molecule has 3 nitrogen and oxygen atoms in total. The number of unbranched alkanes of at least 4 members (excludes halogenated alkanes) is 1. The van der Waals surface area contributed by atoms with E-state index in [1.807, 2.05) is 11.8 Å². The molecule has 0 spiro atoms. The molecule has 0 aliphatic carbocycles. The molecule has 0 aliphatic heterocycles. The minimum atomic E-state index is 0.302. The Bertz CT molecular complexity index is 195. The highest BCUT2D eigenvalue weighted by Gasteiger charge is 2.10. The summed E-state index contributed by atoms with van der Waals surface area (Å²) in [6.45, 7) is 10.4. The number of amides is 1. The van der Waals surface area contributed by atoms with E-state index in [1.54, 1.807) is 0 Å². The van der Waals surface area contributed by atoms with Gasteiger partial charge in [0.25, 0.3) is 0 Å². The van der Waals surface area contributed by atoms with Crippen LogP contribution in [0.15, 0.2) is 0 Å². The molecule has 0 N–H and O–H groups in total. The average molecular weight is 242 g/mol. The summed E-state index contributed by atoms with van der Waals surface area (Å²) in [7, 11) is 2.15. The van der Waals surface area contributed by atoms with E-state index in [-0.39, 0.29) is 0 Å². The highest BCUT2D eigenvalue weighted by molar-refractivity contribution is 5.75. The SMILES string of the molecule is CCCCN(CCCN(C)CCC)C(=O)CC. The fourth-order valence-corrected chi connectivity index (χ4v) is 1.96. The Labute approximate surface area is 107 Å². The molecule has 0 unspecified atom stereocenters. The van der Waals surface area contributed by atoms with E-state index in [4.69, 9.17) is 0 Å². The lowest BCUT2D eigenvalue weighted by molar-refractivity contribution is -0.131. The van der Waals surface area contributed by atoms with Crippen LogP contribution in [0.25, 0.3) is 0 Å². The molecule has 17 heavy (non-hydrogen) atoms. The Morgan fingerprint density at radius 3 is 2.06 bits per heavy atom. The first-order chi connectivity index (χ1) is 8.15. The second kappa shape index (κ2) is 10.6. The first-order valence-electron chi connectivity index (χ1n) is 7.11. The van der Waals surface area contributed by atoms with E-state index in [9.17, 15) is 4.79 Å². The van der Waals surface area contributed by atoms with E-state index in [0.717, 1.165) is 45.4 Å². The van der Waals surface area contributed by atoms with Crippen molar-refractivity contribution in [3.05, 3.63) is 0 Å². The standard InChI is InChI=1S/C14H30N2O/c1-5-8-12-16(14(17)7-3)13-9-11-15(4)10-6-2/h5-13H2,1-4H3. The first-order valence-corrected chi connectivity index (χ1v) is 7.11. The number of carbonyl (C=O) groups excluding carboxylic acids is 1. The summed E-state index contributed by atoms with van der Waals surface area (Å²) in [4.78, 5) is 16.1. The normalized spacial score (nSPS) is 10.9. The molecule has 0 rings (SSSR count). The zero-order valence-electron chi connectivity index (χ0n) is 12.2. The van der Waals surface area contributed by atoms with Gasteiger partial charge in [-0.15, -0.1) is 0 Å². The van der Waals surface area contributed by atoms with Crippen LogP contribution in [0.5, 0.6) is 0 Å². The van der Waals surface area contributed by atoms with E-state index in [2.05, 4.69) is 25.8 Å². The predicted octanol–water partition coefficient (Wildman–Crippen LogP) is 2.76. The van der Waals surface area contributed by atoms with Gasteiger partial charge in [0.1, 0.15) is 0 Å². The molecule has 3 heteroatoms. The van der Waals surface area contributed by atoms with Gasteiger partial charge in [-0.1, -0.05) is 27.2 Å². The van der Waals surface area contributed by atoms with Gasteiger partial charge < -0.3 is 9.80 Å². The Hall–Kier alpha value is -0.570. The van der Waals surface area contributed by atoms with Gasteiger partial charge in [0.15, 0.2) is 0 Å². The Morgan fingerprint density at radius 1 is 0.882 bits per heavy atom. The summed E-state index contributed by atoms with van der Waals surface area (Å²) in [5.74, 6) is 0.302. The van der Waals surface area contributed by atoms with E-state index in [0.29, 0.717) is 12.3 Å². The van der Waals surface area contributed by atoms with E-state index >= 15 is 0 Å². The molecule has 0 aromatic rings. The summed E-state index contributed by atoms with van der Waals surface area (Å²) in [6, 6.07) is 0. The molecule has 0 saturated carbocycles. The third-order valence-electron chi connectivity index (χ3n) is 3.01. The highest BCUT2D eigenvalue weighted by atomic mass is 16.2. The molecule has 0 aromatic heterocycles. The van der Waals surface area contributed by atoms with Crippen LogP contribution in [-0.4, -0.2) is 48.9 Å². The van der Waals surface area contributed by atoms with E-state index < -0.39 is 0 Å². The lowest BCUT2D eigenvalue weighted by Crippen LogP contribution is -2.34. The summed E-state index contributed by atoms with van der Waals surface area (Å²) >= 11 is 0. The number of carbonyl (C=O) groups is 1. The van der Waals surface area contributed by atoms with Gasteiger partial charge in [-0.2, -0.15) is 0 Å². The maximum Gasteiger partial charge on any atom is 0.222 e. The second-order valence-corrected chi connectivity index (χ2v) is 4.74. The van der Waals surface area contributed by atoms with Crippen LogP contribution in [0.3, 0.4) is 0 Å². The van der Waals surface area contributed by atoms with Gasteiger partial charge in [-0.05, 0) is 39.4 Å². The smallest absolute Gasteiger partial charge is 0.222 e. The zero-order valence-corrected chi connectivity index (χ0v) is 12.2. The molecule has 0 aromatic carbocycles. The molecule has 1 amide bonds. The molecule has 102 valence electrons. The van der Waals surface area contributed by atoms with Crippen LogP contribution in [0.1, 0.15) is 52.9 Å². The van der Waals surface area contributed by atoms with Gasteiger partial charge in [0.2, 0.25) is 5.91 Å². The van der Waals surface area contributed by atoms with Gasteiger partial charge in [-0.3, -0.25) is 4.79 Å². The molecule has 0 saturated heterocycles. The summed E-state index contributed by atoms with van der Waals surface area (Å²) in [5.41, 5.74) is 0. The van der Waals surface area contributed by atoms with Crippen molar-refractivity contribution in [2.24, 2.45) is 0 Å². The van der Waals surface area contributed by atoms with Crippen molar-refractivity contribution < 1.29 is 4.79 Å². The van der Waals surface area contributed by atoms with Crippen molar-refractivity contribution in [3.63, 3.8) is 0 Å². The van der Waals surface area contributed by atoms with Crippen molar-refractivity contribution in [1.82, 2.24) is 9.80 Å². The van der Waals surface area contributed by atoms with Gasteiger partial charge in [0, 0.05) is 19.5 Å². The van der Waals surface area contributed by atoms with Gasteiger partial charge in [-0.25, -0.2) is 0 Å². The molecule has 0 atom stereocenters. The maximum atomic E-state index is 11.7. The number of hydrogen-bond donors (Lipinski definition) is 0. The molecule has 0 aliphatic rings. The van der Waals surface area contributed by atoms with Crippen LogP contribution in [0, 0.1) is 0 Å². The van der Waals surface area contributed by atoms with Crippen LogP contribution in [-0.2, 0) is 4.79 Å². The molecule has 0 fully saturated rings. The second-order valence-electron chi connectivity index (χ2n) is 4.74.